The molecule has 116 valence electrons. The van der Waals surface area contributed by atoms with Crippen LogP contribution in [0.5, 0.6) is 0 Å². The van der Waals surface area contributed by atoms with Gasteiger partial charge in [-0.15, -0.1) is 0 Å². The number of rotatable bonds is 2. The maximum absolute atomic E-state index is 12.7. The molecule has 1 aliphatic rings. The van der Waals surface area contributed by atoms with E-state index in [4.69, 9.17) is 5.11 Å². The molecule has 1 aromatic rings. The van der Waals surface area contributed by atoms with Gasteiger partial charge in [-0.1, -0.05) is 6.92 Å². The van der Waals surface area contributed by atoms with Crippen molar-refractivity contribution in [3.8, 4) is 0 Å². The Morgan fingerprint density at radius 2 is 2.05 bits per heavy atom. The molecule has 0 saturated carbocycles. The van der Waals surface area contributed by atoms with Gasteiger partial charge >= 0.3 is 12.1 Å². The second kappa shape index (κ2) is 5.55. The number of carboxylic acid groups (broad SMARTS) is 1. The van der Waals surface area contributed by atoms with Crippen LogP contribution in [0.15, 0.2) is 18.2 Å². The average molecular weight is 303 g/mol. The quantitative estimate of drug-likeness (QED) is 0.881. The van der Waals surface area contributed by atoms with Gasteiger partial charge in [0.15, 0.2) is 0 Å². The number of aliphatic hydroxyl groups is 1. The summed E-state index contributed by atoms with van der Waals surface area (Å²) in [5, 5.41) is 18.8. The third-order valence-electron chi connectivity index (χ3n) is 3.75. The van der Waals surface area contributed by atoms with Crippen molar-refractivity contribution in [3.05, 3.63) is 29.3 Å². The lowest BCUT2D eigenvalue weighted by atomic mass is 9.95. The van der Waals surface area contributed by atoms with Gasteiger partial charge in [-0.25, -0.2) is 4.79 Å². The van der Waals surface area contributed by atoms with Crippen LogP contribution in [0.1, 0.15) is 29.3 Å². The van der Waals surface area contributed by atoms with Crippen LogP contribution < -0.4 is 4.90 Å². The number of halogens is 3. The summed E-state index contributed by atoms with van der Waals surface area (Å²) in [6.07, 6.45) is -4.58. The fourth-order valence-electron chi connectivity index (χ4n) is 2.51. The van der Waals surface area contributed by atoms with Crippen molar-refractivity contribution >= 4 is 11.7 Å². The van der Waals surface area contributed by atoms with Crippen molar-refractivity contribution in [2.45, 2.75) is 25.6 Å². The van der Waals surface area contributed by atoms with Gasteiger partial charge in [-0.3, -0.25) is 0 Å². The Balaban J connectivity index is 2.38. The molecule has 1 heterocycles. The third kappa shape index (κ3) is 3.29. The summed E-state index contributed by atoms with van der Waals surface area (Å²) in [5.41, 5.74) is -1.09. The summed E-state index contributed by atoms with van der Waals surface area (Å²) in [4.78, 5) is 13.0. The number of anilines is 1. The average Bonchev–Trinajstić information content (AvgIpc) is 2.40. The van der Waals surface area contributed by atoms with Gasteiger partial charge in [-0.05, 0) is 30.5 Å². The lowest BCUT2D eigenvalue weighted by Crippen LogP contribution is -2.42. The highest BCUT2D eigenvalue weighted by molar-refractivity contribution is 5.94. The number of aliphatic hydroxyl groups excluding tert-OH is 1. The fraction of sp³-hybridized carbons (Fsp3) is 0.500. The van der Waals surface area contributed by atoms with E-state index in [9.17, 15) is 23.1 Å². The van der Waals surface area contributed by atoms with Gasteiger partial charge in [0.1, 0.15) is 0 Å². The van der Waals surface area contributed by atoms with Crippen LogP contribution in [-0.4, -0.2) is 35.4 Å². The largest absolute Gasteiger partial charge is 0.478 e. The molecule has 21 heavy (non-hydrogen) atoms. The molecule has 2 unspecified atom stereocenters. The van der Waals surface area contributed by atoms with E-state index in [1.165, 1.54) is 6.07 Å². The molecular formula is C14H16F3NO3. The molecule has 0 bridgehead atoms. The van der Waals surface area contributed by atoms with Crippen LogP contribution in [-0.2, 0) is 6.18 Å². The minimum absolute atomic E-state index is 0.0670. The van der Waals surface area contributed by atoms with Gasteiger partial charge in [0.25, 0.3) is 0 Å². The van der Waals surface area contributed by atoms with E-state index in [-0.39, 0.29) is 17.2 Å². The van der Waals surface area contributed by atoms with Gasteiger partial charge in [0.2, 0.25) is 0 Å². The molecule has 1 fully saturated rings. The molecule has 7 heteroatoms. The topological polar surface area (TPSA) is 60.8 Å². The molecule has 1 aliphatic heterocycles. The number of nitrogens with zero attached hydrogens (tertiary/aromatic N) is 1. The van der Waals surface area contributed by atoms with E-state index in [1.54, 1.807) is 4.90 Å². The molecule has 2 rings (SSSR count). The number of hydrogen-bond donors (Lipinski definition) is 2. The Kier molecular flexibility index (Phi) is 4.13. The minimum Gasteiger partial charge on any atom is -0.478 e. The highest BCUT2D eigenvalue weighted by atomic mass is 19.4. The van der Waals surface area contributed by atoms with Crippen LogP contribution in [0.3, 0.4) is 0 Å². The second-order valence-corrected chi connectivity index (χ2v) is 5.31. The predicted octanol–water partition coefficient (Wildman–Crippen LogP) is 2.61. The van der Waals surface area contributed by atoms with Crippen LogP contribution in [0.25, 0.3) is 0 Å². The predicted molar refractivity (Wildman–Crippen MR) is 70.4 cm³/mol. The summed E-state index contributed by atoms with van der Waals surface area (Å²) in [6.45, 7) is 2.64. The smallest absolute Gasteiger partial charge is 0.416 e. The maximum Gasteiger partial charge on any atom is 0.416 e. The summed E-state index contributed by atoms with van der Waals surface area (Å²) >= 11 is 0. The molecule has 0 radical (unpaired) electrons. The Bertz CT molecular complexity index is 545. The van der Waals surface area contributed by atoms with Crippen molar-refractivity contribution in [1.29, 1.82) is 0 Å². The molecule has 2 atom stereocenters. The maximum atomic E-state index is 12.7. The zero-order valence-electron chi connectivity index (χ0n) is 11.4. The number of alkyl halides is 3. The van der Waals surface area contributed by atoms with Gasteiger partial charge in [-0.2, -0.15) is 13.2 Å². The molecule has 1 saturated heterocycles. The molecule has 2 N–H and O–H groups in total. The second-order valence-electron chi connectivity index (χ2n) is 5.31. The lowest BCUT2D eigenvalue weighted by Gasteiger charge is -2.36. The monoisotopic (exact) mass is 303 g/mol. The van der Waals surface area contributed by atoms with E-state index < -0.39 is 23.8 Å². The Morgan fingerprint density at radius 3 is 2.57 bits per heavy atom. The van der Waals surface area contributed by atoms with Crippen LogP contribution in [0.2, 0.25) is 0 Å². The van der Waals surface area contributed by atoms with Crippen LogP contribution >= 0.6 is 0 Å². The first-order chi connectivity index (χ1) is 9.70. The molecule has 0 aliphatic carbocycles. The number of aromatic carboxylic acids is 1. The van der Waals surface area contributed by atoms with E-state index in [2.05, 4.69) is 0 Å². The zero-order valence-corrected chi connectivity index (χ0v) is 11.4. The first kappa shape index (κ1) is 15.6. The van der Waals surface area contributed by atoms with Crippen molar-refractivity contribution in [3.63, 3.8) is 0 Å². The fourth-order valence-corrected chi connectivity index (χ4v) is 2.51. The molecule has 0 spiro atoms. The Hall–Kier alpha value is -1.76. The van der Waals surface area contributed by atoms with E-state index in [0.29, 0.717) is 25.6 Å². The number of piperidine rings is 1. The first-order valence-electron chi connectivity index (χ1n) is 6.57. The van der Waals surface area contributed by atoms with Crippen molar-refractivity contribution in [1.82, 2.24) is 0 Å². The highest BCUT2D eigenvalue weighted by Gasteiger charge is 2.33. The van der Waals surface area contributed by atoms with Crippen LogP contribution in [0.4, 0.5) is 18.9 Å². The molecule has 1 aromatic carbocycles. The summed E-state index contributed by atoms with van der Waals surface area (Å²) in [7, 11) is 0. The Morgan fingerprint density at radius 1 is 1.38 bits per heavy atom. The molecule has 0 amide bonds. The minimum atomic E-state index is -4.58. The SMILES string of the molecule is CC1CN(c2ccc(C(F)(F)F)cc2C(=O)O)CCC1O. The van der Waals surface area contributed by atoms with Crippen molar-refractivity contribution < 1.29 is 28.2 Å². The highest BCUT2D eigenvalue weighted by Crippen LogP contribution is 2.34. The number of hydrogen-bond acceptors (Lipinski definition) is 3. The van der Waals surface area contributed by atoms with E-state index in [1.807, 2.05) is 6.92 Å². The zero-order chi connectivity index (χ0) is 15.8. The normalized spacial score (nSPS) is 23.2. The summed E-state index contributed by atoms with van der Waals surface area (Å²) < 4.78 is 38.0. The van der Waals surface area contributed by atoms with Gasteiger partial charge in [0, 0.05) is 13.1 Å². The third-order valence-corrected chi connectivity index (χ3v) is 3.75. The number of carbonyl (C=O) groups is 1. The van der Waals surface area contributed by atoms with Crippen molar-refractivity contribution in [2.75, 3.05) is 18.0 Å². The standard InChI is InChI=1S/C14H16F3NO3/c1-8-7-18(5-4-12(8)19)11-3-2-9(14(15,16)17)6-10(11)13(20)21/h2-3,6,8,12,19H,4-5,7H2,1H3,(H,20,21). The molecular weight excluding hydrogens is 287 g/mol. The first-order valence-corrected chi connectivity index (χ1v) is 6.57. The van der Waals surface area contributed by atoms with Crippen LogP contribution in [0, 0.1) is 5.92 Å². The summed E-state index contributed by atoms with van der Waals surface area (Å²) in [6, 6.07) is 2.74. The van der Waals surface area contributed by atoms with Crippen molar-refractivity contribution in [2.24, 2.45) is 5.92 Å². The number of benzene rings is 1. The molecule has 0 aromatic heterocycles. The number of carboxylic acids is 1. The Labute approximate surface area is 119 Å². The van der Waals surface area contributed by atoms with Gasteiger partial charge in [0.05, 0.1) is 22.9 Å². The summed E-state index contributed by atoms with van der Waals surface area (Å²) in [5.74, 6) is -1.46. The lowest BCUT2D eigenvalue weighted by molar-refractivity contribution is -0.137. The molecule has 4 nitrogen and oxygen atoms in total. The van der Waals surface area contributed by atoms with Gasteiger partial charge < -0.3 is 15.1 Å². The van der Waals surface area contributed by atoms with E-state index >= 15 is 0 Å². The van der Waals surface area contributed by atoms with E-state index in [0.717, 1.165) is 6.07 Å².